The molecule has 0 heterocycles. The number of amides is 2. The van der Waals surface area contributed by atoms with Crippen LogP contribution in [0, 0.1) is 0 Å². The number of hydrogen-bond acceptors (Lipinski definition) is 3. The molecule has 3 aromatic rings. The average Bonchev–Trinajstić information content (AvgIpc) is 2.75. The SMILES string of the molecule is CCN(CC(=O)NCc1ccc(Cl)cc1)C(=O)CSc1ccc2ccccc2c1. The fraction of sp³-hybridized carbons (Fsp3) is 0.217. The maximum Gasteiger partial charge on any atom is 0.239 e. The van der Waals surface area contributed by atoms with E-state index >= 15 is 0 Å². The number of nitrogens with zero attached hydrogens (tertiary/aromatic N) is 1. The minimum atomic E-state index is -0.175. The van der Waals surface area contributed by atoms with E-state index in [1.807, 2.05) is 37.3 Å². The summed E-state index contributed by atoms with van der Waals surface area (Å²) < 4.78 is 0. The van der Waals surface area contributed by atoms with Crippen molar-refractivity contribution >= 4 is 45.9 Å². The normalized spacial score (nSPS) is 10.7. The third kappa shape index (κ3) is 6.24. The summed E-state index contributed by atoms with van der Waals surface area (Å²) in [6.45, 7) is 2.84. The molecule has 1 N–H and O–H groups in total. The number of likely N-dealkylation sites (N-methyl/N-ethyl adjacent to an activating group) is 1. The largest absolute Gasteiger partial charge is 0.350 e. The van der Waals surface area contributed by atoms with Crippen molar-refractivity contribution in [2.45, 2.75) is 18.4 Å². The smallest absolute Gasteiger partial charge is 0.239 e. The maximum atomic E-state index is 12.6. The van der Waals surface area contributed by atoms with Crippen molar-refractivity contribution < 1.29 is 9.59 Å². The lowest BCUT2D eigenvalue weighted by Crippen LogP contribution is -2.41. The molecular weight excluding hydrogens is 404 g/mol. The number of rotatable bonds is 8. The molecule has 0 bridgehead atoms. The van der Waals surface area contributed by atoms with Crippen LogP contribution in [0.5, 0.6) is 0 Å². The molecule has 0 spiro atoms. The number of nitrogens with one attached hydrogen (secondary N) is 1. The summed E-state index contributed by atoms with van der Waals surface area (Å²) >= 11 is 7.36. The van der Waals surface area contributed by atoms with Crippen molar-refractivity contribution in [2.75, 3.05) is 18.8 Å². The Labute approximate surface area is 180 Å². The van der Waals surface area contributed by atoms with Gasteiger partial charge in [-0.3, -0.25) is 9.59 Å². The fourth-order valence-corrected chi connectivity index (χ4v) is 3.88. The highest BCUT2D eigenvalue weighted by Crippen LogP contribution is 2.23. The summed E-state index contributed by atoms with van der Waals surface area (Å²) in [5, 5.41) is 5.84. The van der Waals surface area contributed by atoms with Crippen molar-refractivity contribution in [1.29, 1.82) is 0 Å². The van der Waals surface area contributed by atoms with Gasteiger partial charge in [-0.05, 0) is 47.5 Å². The molecule has 4 nitrogen and oxygen atoms in total. The van der Waals surface area contributed by atoms with Gasteiger partial charge in [0.1, 0.15) is 0 Å². The molecule has 3 rings (SSSR count). The Morgan fingerprint density at radius 3 is 2.45 bits per heavy atom. The van der Waals surface area contributed by atoms with Crippen LogP contribution in [0.4, 0.5) is 0 Å². The molecule has 0 aliphatic rings. The third-order valence-electron chi connectivity index (χ3n) is 4.56. The summed E-state index contributed by atoms with van der Waals surface area (Å²) in [5.41, 5.74) is 0.962. The summed E-state index contributed by atoms with van der Waals surface area (Å²) in [6, 6.07) is 21.6. The standard InChI is InChI=1S/C23H23ClN2O2S/c1-2-26(15-22(27)25-14-17-7-10-20(24)11-8-17)23(28)16-29-21-12-9-18-5-3-4-6-19(18)13-21/h3-13H,2,14-16H2,1H3,(H,25,27). The minimum absolute atomic E-state index is 0.0488. The Hall–Kier alpha value is -2.50. The van der Waals surface area contributed by atoms with Crippen LogP contribution >= 0.6 is 23.4 Å². The zero-order valence-electron chi connectivity index (χ0n) is 16.2. The van der Waals surface area contributed by atoms with Crippen LogP contribution in [0.15, 0.2) is 71.6 Å². The van der Waals surface area contributed by atoms with Gasteiger partial charge in [-0.25, -0.2) is 0 Å². The van der Waals surface area contributed by atoms with Crippen molar-refractivity contribution in [3.05, 3.63) is 77.3 Å². The number of carbonyl (C=O) groups excluding carboxylic acids is 2. The fourth-order valence-electron chi connectivity index (χ4n) is 2.90. The van der Waals surface area contributed by atoms with E-state index in [1.165, 1.54) is 17.1 Å². The van der Waals surface area contributed by atoms with Crippen LogP contribution in [0.2, 0.25) is 5.02 Å². The number of benzene rings is 3. The molecular formula is C23H23ClN2O2S. The Bertz CT molecular complexity index is 992. The molecule has 0 atom stereocenters. The molecule has 2 amide bonds. The van der Waals surface area contributed by atoms with E-state index in [9.17, 15) is 9.59 Å². The highest BCUT2D eigenvalue weighted by Gasteiger charge is 2.15. The number of halogens is 1. The van der Waals surface area contributed by atoms with E-state index in [1.54, 1.807) is 17.0 Å². The van der Waals surface area contributed by atoms with Gasteiger partial charge >= 0.3 is 0 Å². The summed E-state index contributed by atoms with van der Waals surface area (Å²) in [6.07, 6.45) is 0. The van der Waals surface area contributed by atoms with Crippen molar-refractivity contribution in [3.8, 4) is 0 Å². The summed E-state index contributed by atoms with van der Waals surface area (Å²) in [4.78, 5) is 27.4. The van der Waals surface area contributed by atoms with Crippen molar-refractivity contribution in [3.63, 3.8) is 0 Å². The molecule has 0 fully saturated rings. The van der Waals surface area contributed by atoms with Gasteiger partial charge in [0.25, 0.3) is 0 Å². The molecule has 6 heteroatoms. The molecule has 0 aromatic heterocycles. The Morgan fingerprint density at radius 1 is 1.00 bits per heavy atom. The molecule has 0 aliphatic heterocycles. The number of fused-ring (bicyclic) bond motifs is 1. The first-order valence-corrected chi connectivity index (χ1v) is 10.8. The van der Waals surface area contributed by atoms with Gasteiger partial charge in [-0.2, -0.15) is 0 Å². The predicted molar refractivity (Wildman–Crippen MR) is 120 cm³/mol. The second kappa shape index (κ2) is 10.3. The maximum absolute atomic E-state index is 12.6. The van der Waals surface area contributed by atoms with Crippen molar-refractivity contribution in [1.82, 2.24) is 10.2 Å². The van der Waals surface area contributed by atoms with Crippen LogP contribution < -0.4 is 5.32 Å². The van der Waals surface area contributed by atoms with Crippen LogP contribution in [0.25, 0.3) is 10.8 Å². The van der Waals surface area contributed by atoms with E-state index in [0.717, 1.165) is 15.8 Å². The zero-order chi connectivity index (χ0) is 20.6. The summed E-state index contributed by atoms with van der Waals surface area (Å²) in [7, 11) is 0. The number of hydrogen-bond donors (Lipinski definition) is 1. The Balaban J connectivity index is 1.49. The van der Waals surface area contributed by atoms with Crippen LogP contribution in [0.1, 0.15) is 12.5 Å². The lowest BCUT2D eigenvalue weighted by Gasteiger charge is -2.20. The Morgan fingerprint density at radius 2 is 1.72 bits per heavy atom. The first kappa shape index (κ1) is 21.2. The average molecular weight is 427 g/mol. The quantitative estimate of drug-likeness (QED) is 0.529. The van der Waals surface area contributed by atoms with Gasteiger partial charge < -0.3 is 10.2 Å². The van der Waals surface area contributed by atoms with E-state index in [4.69, 9.17) is 11.6 Å². The molecule has 0 saturated carbocycles. The first-order chi connectivity index (χ1) is 14.0. The van der Waals surface area contributed by atoms with Gasteiger partial charge in [-0.1, -0.05) is 54.1 Å². The van der Waals surface area contributed by atoms with E-state index < -0.39 is 0 Å². The summed E-state index contributed by atoms with van der Waals surface area (Å²) in [5.74, 6) is 0.0783. The van der Waals surface area contributed by atoms with E-state index in [-0.39, 0.29) is 18.4 Å². The second-order valence-corrected chi connectivity index (χ2v) is 8.09. The molecule has 0 saturated heterocycles. The second-order valence-electron chi connectivity index (χ2n) is 6.61. The molecule has 3 aromatic carbocycles. The molecule has 0 radical (unpaired) electrons. The van der Waals surface area contributed by atoms with Crippen LogP contribution in [-0.4, -0.2) is 35.6 Å². The molecule has 0 unspecified atom stereocenters. The van der Waals surface area contributed by atoms with Gasteiger partial charge in [0.2, 0.25) is 11.8 Å². The molecule has 0 aliphatic carbocycles. The lowest BCUT2D eigenvalue weighted by atomic mass is 10.1. The van der Waals surface area contributed by atoms with E-state index in [0.29, 0.717) is 23.9 Å². The third-order valence-corrected chi connectivity index (χ3v) is 5.79. The first-order valence-electron chi connectivity index (χ1n) is 9.45. The highest BCUT2D eigenvalue weighted by molar-refractivity contribution is 8.00. The van der Waals surface area contributed by atoms with Crippen LogP contribution in [0.3, 0.4) is 0 Å². The molecule has 29 heavy (non-hydrogen) atoms. The number of thioether (sulfide) groups is 1. The monoisotopic (exact) mass is 426 g/mol. The van der Waals surface area contributed by atoms with Gasteiger partial charge in [0.05, 0.1) is 12.3 Å². The van der Waals surface area contributed by atoms with Gasteiger partial charge in [0, 0.05) is 23.0 Å². The topological polar surface area (TPSA) is 49.4 Å². The number of carbonyl (C=O) groups is 2. The molecule has 150 valence electrons. The minimum Gasteiger partial charge on any atom is -0.350 e. The predicted octanol–water partition coefficient (Wildman–Crippen LogP) is 4.75. The van der Waals surface area contributed by atoms with Gasteiger partial charge in [0.15, 0.2) is 0 Å². The van der Waals surface area contributed by atoms with Crippen molar-refractivity contribution in [2.24, 2.45) is 0 Å². The van der Waals surface area contributed by atoms with E-state index in [2.05, 4.69) is 29.6 Å². The zero-order valence-corrected chi connectivity index (χ0v) is 17.8. The van der Waals surface area contributed by atoms with Crippen LogP contribution in [-0.2, 0) is 16.1 Å². The highest BCUT2D eigenvalue weighted by atomic mass is 35.5. The lowest BCUT2D eigenvalue weighted by molar-refractivity contribution is -0.133. The Kier molecular flexibility index (Phi) is 7.55. The van der Waals surface area contributed by atoms with Gasteiger partial charge in [-0.15, -0.1) is 11.8 Å².